The van der Waals surface area contributed by atoms with Gasteiger partial charge in [0.15, 0.2) is 0 Å². The van der Waals surface area contributed by atoms with E-state index in [4.69, 9.17) is 10.2 Å². The van der Waals surface area contributed by atoms with Crippen molar-refractivity contribution in [1.82, 2.24) is 0 Å². The van der Waals surface area contributed by atoms with E-state index in [0.717, 1.165) is 0 Å². The molecule has 0 aromatic heterocycles. The van der Waals surface area contributed by atoms with Crippen LogP contribution in [-0.2, 0) is 9.59 Å². The zero-order chi connectivity index (χ0) is 11.6. The molecule has 0 aliphatic rings. The van der Waals surface area contributed by atoms with Crippen molar-refractivity contribution < 1.29 is 19.8 Å². The van der Waals surface area contributed by atoms with Crippen LogP contribution in [0.15, 0.2) is 4.99 Å². The van der Waals surface area contributed by atoms with Gasteiger partial charge in [-0.1, -0.05) is 13.8 Å². The van der Waals surface area contributed by atoms with Crippen LogP contribution in [0.2, 0.25) is 0 Å². The van der Waals surface area contributed by atoms with Crippen LogP contribution in [0.4, 0.5) is 0 Å². The summed E-state index contributed by atoms with van der Waals surface area (Å²) < 4.78 is 0. The first-order valence-corrected chi connectivity index (χ1v) is 4.47. The third kappa shape index (κ3) is 10.6. The van der Waals surface area contributed by atoms with E-state index in [2.05, 4.69) is 4.99 Å². The van der Waals surface area contributed by atoms with Gasteiger partial charge in [0.2, 0.25) is 0 Å². The molecule has 0 bridgehead atoms. The number of carbonyl (C=O) groups is 2. The average molecular weight is 203 g/mol. The van der Waals surface area contributed by atoms with Crippen molar-refractivity contribution in [3.63, 3.8) is 0 Å². The summed E-state index contributed by atoms with van der Waals surface area (Å²) >= 11 is 0. The standard InChI is InChI=1S/C6H11NO2.C3H6O2/c1-3-5(6(8)9)7-4-2;1-2-3(4)5/h3-4H2,1-2H3,(H,8,9);2H2,1H3,(H,4,5). The van der Waals surface area contributed by atoms with Crippen LogP contribution < -0.4 is 0 Å². The fourth-order valence-corrected chi connectivity index (χ4v) is 0.522. The molecule has 0 aromatic carbocycles. The lowest BCUT2D eigenvalue weighted by Gasteiger charge is -1.92. The monoisotopic (exact) mass is 203 g/mol. The van der Waals surface area contributed by atoms with Gasteiger partial charge in [-0.15, -0.1) is 0 Å². The Morgan fingerprint density at radius 2 is 1.50 bits per heavy atom. The molecular formula is C9H17NO4. The van der Waals surface area contributed by atoms with Gasteiger partial charge in [0.1, 0.15) is 5.71 Å². The van der Waals surface area contributed by atoms with Gasteiger partial charge >= 0.3 is 11.9 Å². The number of hydrogen-bond acceptors (Lipinski definition) is 3. The Balaban J connectivity index is 0. The van der Waals surface area contributed by atoms with Crippen molar-refractivity contribution in [2.75, 3.05) is 6.54 Å². The molecule has 0 aliphatic heterocycles. The van der Waals surface area contributed by atoms with Gasteiger partial charge in [0.05, 0.1) is 0 Å². The summed E-state index contributed by atoms with van der Waals surface area (Å²) in [5.74, 6) is -1.65. The normalized spacial score (nSPS) is 10.1. The highest BCUT2D eigenvalue weighted by atomic mass is 16.4. The van der Waals surface area contributed by atoms with Crippen LogP contribution in [0.1, 0.15) is 33.6 Å². The molecule has 0 spiro atoms. The molecule has 0 aromatic rings. The highest BCUT2D eigenvalue weighted by Gasteiger charge is 2.03. The Morgan fingerprint density at radius 3 is 1.57 bits per heavy atom. The Labute approximate surface area is 83.5 Å². The minimum absolute atomic E-state index is 0.222. The summed E-state index contributed by atoms with van der Waals surface area (Å²) in [6.45, 7) is 5.75. The van der Waals surface area contributed by atoms with E-state index in [-0.39, 0.29) is 12.1 Å². The fourth-order valence-electron chi connectivity index (χ4n) is 0.522. The summed E-state index contributed by atoms with van der Waals surface area (Å²) in [5.41, 5.74) is 0.262. The van der Waals surface area contributed by atoms with Gasteiger partial charge in [-0.3, -0.25) is 9.79 Å². The first kappa shape index (κ1) is 15.1. The van der Waals surface area contributed by atoms with E-state index in [0.29, 0.717) is 13.0 Å². The van der Waals surface area contributed by atoms with Crippen molar-refractivity contribution in [3.05, 3.63) is 0 Å². The molecule has 14 heavy (non-hydrogen) atoms. The van der Waals surface area contributed by atoms with Crippen LogP contribution in [0.5, 0.6) is 0 Å². The Kier molecular flexibility index (Phi) is 10.5. The van der Waals surface area contributed by atoms with Crippen LogP contribution in [0.3, 0.4) is 0 Å². The largest absolute Gasteiger partial charge is 0.481 e. The molecule has 0 saturated heterocycles. The maximum absolute atomic E-state index is 10.2. The third-order valence-corrected chi connectivity index (χ3v) is 1.23. The maximum Gasteiger partial charge on any atom is 0.349 e. The molecule has 0 radical (unpaired) electrons. The summed E-state index contributed by atoms with van der Waals surface area (Å²) in [7, 11) is 0. The fraction of sp³-hybridized carbons (Fsp3) is 0.667. The Morgan fingerprint density at radius 1 is 1.07 bits per heavy atom. The van der Waals surface area contributed by atoms with E-state index >= 15 is 0 Å². The summed E-state index contributed by atoms with van der Waals surface area (Å²) in [6, 6.07) is 0. The lowest BCUT2D eigenvalue weighted by atomic mass is 10.3. The second kappa shape index (κ2) is 9.70. The summed E-state index contributed by atoms with van der Waals surface area (Å²) in [6.07, 6.45) is 0.725. The van der Waals surface area contributed by atoms with Gasteiger partial charge in [0.25, 0.3) is 0 Å². The molecule has 0 fully saturated rings. The zero-order valence-electron chi connectivity index (χ0n) is 8.78. The van der Waals surface area contributed by atoms with Crippen LogP contribution >= 0.6 is 0 Å². The van der Waals surface area contributed by atoms with E-state index < -0.39 is 11.9 Å². The molecule has 0 saturated carbocycles. The van der Waals surface area contributed by atoms with E-state index in [1.54, 1.807) is 13.8 Å². The smallest absolute Gasteiger partial charge is 0.349 e. The number of aliphatic imine (C=N–C) groups is 1. The second-order valence-corrected chi connectivity index (χ2v) is 2.33. The minimum atomic E-state index is -0.903. The SMILES string of the molecule is CCC(=O)O.CCN=C(CC)C(=O)O. The molecule has 0 unspecified atom stereocenters. The number of carboxylic acid groups (broad SMARTS) is 2. The molecule has 0 aliphatic carbocycles. The Bertz CT molecular complexity index is 211. The van der Waals surface area contributed by atoms with Gasteiger partial charge < -0.3 is 10.2 Å². The first-order chi connectivity index (χ1) is 6.49. The Hall–Kier alpha value is -1.39. The summed E-state index contributed by atoms with van der Waals surface area (Å²) in [4.78, 5) is 23.3. The first-order valence-electron chi connectivity index (χ1n) is 4.47. The topological polar surface area (TPSA) is 87.0 Å². The lowest BCUT2D eigenvalue weighted by molar-refractivity contribution is -0.136. The maximum atomic E-state index is 10.2. The van der Waals surface area contributed by atoms with Crippen molar-refractivity contribution in [2.24, 2.45) is 4.99 Å². The molecular weight excluding hydrogens is 186 g/mol. The van der Waals surface area contributed by atoms with E-state index in [9.17, 15) is 9.59 Å². The highest BCUT2D eigenvalue weighted by molar-refractivity contribution is 6.35. The van der Waals surface area contributed by atoms with Crippen molar-refractivity contribution in [3.8, 4) is 0 Å². The summed E-state index contributed by atoms with van der Waals surface area (Å²) in [5, 5.41) is 16.1. The predicted molar refractivity (Wildman–Crippen MR) is 53.8 cm³/mol. The zero-order valence-corrected chi connectivity index (χ0v) is 8.78. The molecule has 82 valence electrons. The van der Waals surface area contributed by atoms with Gasteiger partial charge in [-0.05, 0) is 13.3 Å². The van der Waals surface area contributed by atoms with Crippen LogP contribution in [0, 0.1) is 0 Å². The predicted octanol–water partition coefficient (Wildman–Crippen LogP) is 1.42. The minimum Gasteiger partial charge on any atom is -0.481 e. The molecule has 0 heterocycles. The van der Waals surface area contributed by atoms with Gasteiger partial charge in [-0.25, -0.2) is 4.79 Å². The molecule has 0 rings (SSSR count). The number of rotatable bonds is 4. The second-order valence-electron chi connectivity index (χ2n) is 2.33. The van der Waals surface area contributed by atoms with Crippen molar-refractivity contribution in [1.29, 1.82) is 0 Å². The quantitative estimate of drug-likeness (QED) is 0.676. The van der Waals surface area contributed by atoms with Gasteiger partial charge in [0, 0.05) is 13.0 Å². The number of nitrogens with zero attached hydrogens (tertiary/aromatic N) is 1. The molecule has 0 amide bonds. The molecule has 2 N–H and O–H groups in total. The van der Waals surface area contributed by atoms with E-state index in [1.165, 1.54) is 0 Å². The lowest BCUT2D eigenvalue weighted by Crippen LogP contribution is -2.11. The van der Waals surface area contributed by atoms with Crippen molar-refractivity contribution >= 4 is 17.7 Å². The average Bonchev–Trinajstić information content (AvgIpc) is 2.14. The molecule has 0 atom stereocenters. The van der Waals surface area contributed by atoms with Crippen LogP contribution in [0.25, 0.3) is 0 Å². The number of hydrogen-bond donors (Lipinski definition) is 2. The van der Waals surface area contributed by atoms with E-state index in [1.807, 2.05) is 6.92 Å². The highest BCUT2D eigenvalue weighted by Crippen LogP contribution is 1.85. The molecule has 5 heteroatoms. The number of carboxylic acids is 2. The van der Waals surface area contributed by atoms with Crippen molar-refractivity contribution in [2.45, 2.75) is 33.6 Å². The van der Waals surface area contributed by atoms with Gasteiger partial charge in [-0.2, -0.15) is 0 Å². The molecule has 5 nitrogen and oxygen atoms in total. The van der Waals surface area contributed by atoms with Crippen LogP contribution in [-0.4, -0.2) is 34.4 Å². The number of aliphatic carboxylic acids is 2. The third-order valence-electron chi connectivity index (χ3n) is 1.23.